The van der Waals surface area contributed by atoms with Gasteiger partial charge in [0.05, 0.1) is 11.8 Å². The Bertz CT molecular complexity index is 306. The number of nitrogens with one attached hydrogen (secondary N) is 3. The first kappa shape index (κ1) is 37.8. The summed E-state index contributed by atoms with van der Waals surface area (Å²) in [6.07, 6.45) is 4.74. The van der Waals surface area contributed by atoms with Crippen molar-refractivity contribution in [2.24, 2.45) is 0 Å². The number of carbonyl (C=O) groups excluding carboxylic acids is 2. The number of aliphatic carboxylic acids is 1. The van der Waals surface area contributed by atoms with Crippen molar-refractivity contribution < 1.29 is 84.6 Å². The average Bonchev–Trinajstić information content (AvgIpc) is 2.30. The van der Waals surface area contributed by atoms with Gasteiger partial charge in [-0.3, -0.25) is 0 Å². The van der Waals surface area contributed by atoms with Crippen LogP contribution in [-0.2, 0) is 79.8 Å². The maximum absolute atomic E-state index is 9.99. The molecule has 0 aliphatic heterocycles. The predicted molar refractivity (Wildman–Crippen MR) is 79.5 cm³/mol. The van der Waals surface area contributed by atoms with Crippen molar-refractivity contribution in [3.05, 3.63) is 61.5 Å². The van der Waals surface area contributed by atoms with E-state index in [2.05, 4.69) is 24.6 Å². The number of carbonyl (C=O) groups is 3. The molecule has 0 saturated heterocycles. The van der Waals surface area contributed by atoms with E-state index in [1.165, 1.54) is 18.2 Å². The van der Waals surface area contributed by atoms with E-state index in [4.69, 9.17) is 17.4 Å². The van der Waals surface area contributed by atoms with Gasteiger partial charge in [0.1, 0.15) is 6.42 Å². The van der Waals surface area contributed by atoms with Gasteiger partial charge in [-0.05, 0) is 0 Å². The average molecular weight is 463 g/mol. The number of nitrogens with two attached hydrogens (primary N) is 1. The molecule has 0 saturated carbocycles. The van der Waals surface area contributed by atoms with Gasteiger partial charge in [0.25, 0.3) is 0 Å². The molecular formula is C12H21N4O4Y2-3. The molecule has 8 nitrogen and oxygen atoms in total. The van der Waals surface area contributed by atoms with Crippen LogP contribution >= 0.6 is 0 Å². The van der Waals surface area contributed by atoms with E-state index in [-0.39, 0.29) is 90.8 Å². The van der Waals surface area contributed by atoms with Crippen LogP contribution in [0.4, 0.5) is 0 Å². The van der Waals surface area contributed by atoms with Crippen LogP contribution < -0.4 is 0 Å². The molecule has 0 unspecified atom stereocenters. The maximum atomic E-state index is 9.99. The number of hydrogen-bond acceptors (Lipinski definition) is 3. The van der Waals surface area contributed by atoms with Crippen molar-refractivity contribution in [2.75, 3.05) is 0 Å². The fourth-order valence-electron chi connectivity index (χ4n) is 0.431. The third-order valence-corrected chi connectivity index (χ3v) is 1.10. The zero-order chi connectivity index (χ0) is 15.7. The quantitative estimate of drug-likeness (QED) is 0.329. The summed E-state index contributed by atoms with van der Waals surface area (Å²) < 4.78 is 0. The van der Waals surface area contributed by atoms with Crippen LogP contribution in [0.15, 0.2) is 38.0 Å². The van der Waals surface area contributed by atoms with Gasteiger partial charge in [0.15, 0.2) is 0 Å². The molecule has 0 aromatic rings. The predicted octanol–water partition coefficient (Wildman–Crippen LogP) is 4.06. The Kier molecular flexibility index (Phi) is 56.0. The fraction of sp³-hybridized carbons (Fsp3) is 0.250. The SMILES string of the molecule is C=CCC(=O)[OH+][NH-].C=CCC([NH-])=O.C=CCC([NH-])=O.[NH2-].[Y].[Y]. The van der Waals surface area contributed by atoms with E-state index in [9.17, 15) is 14.4 Å². The Labute approximate surface area is 181 Å². The van der Waals surface area contributed by atoms with E-state index in [0.29, 0.717) is 0 Å². The topological polar surface area (TPSA) is 169 Å². The second kappa shape index (κ2) is 32.6. The number of amides is 2. The molecule has 0 atom stereocenters. The normalized spacial score (nSPS) is 6.41. The van der Waals surface area contributed by atoms with Crippen molar-refractivity contribution in [3.63, 3.8) is 0 Å². The minimum absolute atomic E-state index is 0. The first-order valence-electron chi connectivity index (χ1n) is 5.07. The maximum Gasteiger partial charge on any atom is 0.511 e. The molecule has 0 heterocycles. The Hall–Kier alpha value is -0.242. The van der Waals surface area contributed by atoms with Gasteiger partial charge in [-0.1, -0.05) is 18.2 Å². The molecule has 0 spiro atoms. The Morgan fingerprint density at radius 1 is 0.818 bits per heavy atom. The summed E-state index contributed by atoms with van der Waals surface area (Å²) in [4.78, 5) is 31.9. The van der Waals surface area contributed by atoms with Gasteiger partial charge in [-0.2, -0.15) is 0 Å². The molecule has 122 valence electrons. The third-order valence-electron chi connectivity index (χ3n) is 1.10. The van der Waals surface area contributed by atoms with Crippen LogP contribution in [0.25, 0.3) is 23.5 Å². The summed E-state index contributed by atoms with van der Waals surface area (Å²) in [5, 5.41) is 0. The van der Waals surface area contributed by atoms with Crippen LogP contribution in [0.2, 0.25) is 0 Å². The Balaban J connectivity index is -0.0000000410. The van der Waals surface area contributed by atoms with Crippen molar-refractivity contribution in [1.82, 2.24) is 0 Å². The summed E-state index contributed by atoms with van der Waals surface area (Å²) in [7, 11) is 0. The van der Waals surface area contributed by atoms with Crippen LogP contribution in [0.3, 0.4) is 0 Å². The molecule has 0 aliphatic rings. The van der Waals surface area contributed by atoms with E-state index < -0.39 is 17.8 Å². The number of rotatable bonds is 6. The van der Waals surface area contributed by atoms with Crippen molar-refractivity contribution in [2.45, 2.75) is 19.3 Å². The van der Waals surface area contributed by atoms with Crippen LogP contribution in [-0.4, -0.2) is 22.6 Å². The largest absolute Gasteiger partial charge is 0.693 e. The monoisotopic (exact) mass is 463 g/mol. The molecule has 0 aromatic heterocycles. The minimum atomic E-state index is -0.579. The van der Waals surface area contributed by atoms with Gasteiger partial charge < -0.3 is 37.9 Å². The number of hydrogen-bond donors (Lipinski definition) is 0. The molecule has 2 amide bonds. The third kappa shape index (κ3) is 60.1. The zero-order valence-corrected chi connectivity index (χ0v) is 18.1. The Morgan fingerprint density at radius 3 is 1.14 bits per heavy atom. The van der Waals surface area contributed by atoms with Gasteiger partial charge in [-0.25, -0.2) is 0 Å². The smallest absolute Gasteiger partial charge is 0.511 e. The van der Waals surface area contributed by atoms with Gasteiger partial charge in [-0.15, -0.1) is 19.7 Å². The van der Waals surface area contributed by atoms with Crippen molar-refractivity contribution in [1.29, 1.82) is 0 Å². The Morgan fingerprint density at radius 2 is 1.09 bits per heavy atom. The second-order valence-corrected chi connectivity index (χ2v) is 2.83. The fourth-order valence-corrected chi connectivity index (χ4v) is 0.431. The van der Waals surface area contributed by atoms with Crippen LogP contribution in [0.1, 0.15) is 19.3 Å². The van der Waals surface area contributed by atoms with Gasteiger partial charge in [0.2, 0.25) is 0 Å². The molecule has 0 aromatic carbocycles. The molecule has 0 rings (SSSR count). The van der Waals surface area contributed by atoms with E-state index >= 15 is 0 Å². The van der Waals surface area contributed by atoms with Crippen molar-refractivity contribution >= 4 is 17.8 Å². The second-order valence-electron chi connectivity index (χ2n) is 2.83. The number of carboxylic acids is 1. The minimum Gasteiger partial charge on any atom is -0.693 e. The summed E-state index contributed by atoms with van der Waals surface area (Å²) in [6.45, 7) is 9.80. The molecule has 2 radical (unpaired) electrons. The summed E-state index contributed by atoms with van der Waals surface area (Å²) >= 11 is 0. The summed E-state index contributed by atoms with van der Waals surface area (Å²) in [5.74, 6) is 4.53. The van der Waals surface area contributed by atoms with E-state index in [0.717, 1.165) is 0 Å². The standard InChI is InChI=1S/C4H7NO2.2C4H7NO.H2N.2Y/c1-2-3-4(6)7-5;2*1-2-3-4(5)6;;;/h2,5,7H,1,3H2;2*2H,1,3H2,(H2,5,6);1H2;;/q;;;-1;;/p-2. The molecule has 0 aliphatic carbocycles. The van der Waals surface area contributed by atoms with Crippen LogP contribution in [0.5, 0.6) is 0 Å². The molecule has 0 bridgehead atoms. The zero-order valence-electron chi connectivity index (χ0n) is 12.4. The van der Waals surface area contributed by atoms with Gasteiger partial charge in [0, 0.05) is 83.1 Å². The molecular weight excluding hydrogens is 442 g/mol. The molecule has 6 N–H and O–H groups in total. The summed E-state index contributed by atoms with van der Waals surface area (Å²) in [5.41, 5.74) is 12.5. The summed E-state index contributed by atoms with van der Waals surface area (Å²) in [6, 6.07) is 0. The molecule has 22 heavy (non-hydrogen) atoms. The first-order valence-corrected chi connectivity index (χ1v) is 5.07. The first-order chi connectivity index (χ1) is 8.85. The van der Waals surface area contributed by atoms with Crippen molar-refractivity contribution in [3.8, 4) is 0 Å². The molecule has 0 fully saturated rings. The van der Waals surface area contributed by atoms with E-state index in [1.54, 1.807) is 0 Å². The van der Waals surface area contributed by atoms with Crippen LogP contribution in [0, 0.1) is 0 Å². The molecule has 10 heteroatoms. The van der Waals surface area contributed by atoms with E-state index in [1.807, 2.05) is 0 Å². The van der Waals surface area contributed by atoms with Gasteiger partial charge >= 0.3 is 5.97 Å².